The summed E-state index contributed by atoms with van der Waals surface area (Å²) >= 11 is 0. The van der Waals surface area contributed by atoms with E-state index in [1.807, 2.05) is 7.11 Å². The number of nitrogens with zero attached hydrogens (tertiary/aromatic N) is 2. The lowest BCUT2D eigenvalue weighted by Crippen LogP contribution is -2.58. The van der Waals surface area contributed by atoms with Crippen molar-refractivity contribution in [3.8, 4) is 0 Å². The molecule has 2 aliphatic heterocycles. The summed E-state index contributed by atoms with van der Waals surface area (Å²) in [6.07, 6.45) is 5.28. The van der Waals surface area contributed by atoms with Crippen LogP contribution in [-0.4, -0.2) is 67.8 Å². The molecule has 1 atom stereocenters. The first-order chi connectivity index (χ1) is 8.74. The fourth-order valence-electron chi connectivity index (χ4n) is 3.51. The zero-order valence-electron chi connectivity index (χ0n) is 12.0. The summed E-state index contributed by atoms with van der Waals surface area (Å²) in [6.45, 7) is 8.93. The quantitative estimate of drug-likeness (QED) is 0.793. The first kappa shape index (κ1) is 14.3. The number of ether oxygens (including phenoxy) is 1. The summed E-state index contributed by atoms with van der Waals surface area (Å²) in [7, 11) is 1.83. The van der Waals surface area contributed by atoms with Gasteiger partial charge in [-0.2, -0.15) is 0 Å². The molecule has 2 saturated heterocycles. The molecule has 0 aromatic heterocycles. The maximum atomic E-state index is 6.12. The van der Waals surface area contributed by atoms with E-state index in [0.29, 0.717) is 6.10 Å². The summed E-state index contributed by atoms with van der Waals surface area (Å²) in [5.74, 6) is 0. The number of rotatable bonds is 5. The molecule has 2 aliphatic rings. The summed E-state index contributed by atoms with van der Waals surface area (Å²) < 4.78 is 5.49. The molecule has 0 aliphatic carbocycles. The molecule has 0 saturated carbocycles. The van der Waals surface area contributed by atoms with Crippen molar-refractivity contribution in [2.24, 2.45) is 5.73 Å². The van der Waals surface area contributed by atoms with E-state index in [1.54, 1.807) is 0 Å². The smallest absolute Gasteiger partial charge is 0.0710 e. The third-order valence-corrected chi connectivity index (χ3v) is 4.86. The first-order valence-electron chi connectivity index (χ1n) is 7.44. The Kier molecular flexibility index (Phi) is 5.01. The molecule has 2 heterocycles. The molecule has 4 nitrogen and oxygen atoms in total. The molecule has 2 rings (SSSR count). The molecule has 2 N–H and O–H groups in total. The van der Waals surface area contributed by atoms with E-state index in [4.69, 9.17) is 10.5 Å². The van der Waals surface area contributed by atoms with Gasteiger partial charge in [0.25, 0.3) is 0 Å². The van der Waals surface area contributed by atoms with Gasteiger partial charge in [0.1, 0.15) is 0 Å². The highest BCUT2D eigenvalue weighted by molar-refractivity contribution is 4.99. The van der Waals surface area contributed by atoms with Gasteiger partial charge in [-0.25, -0.2) is 0 Å². The molecule has 4 heteroatoms. The number of hydrogen-bond donors (Lipinski definition) is 1. The number of nitrogens with two attached hydrogens (primary N) is 1. The predicted octanol–water partition coefficient (Wildman–Crippen LogP) is 0.910. The predicted molar refractivity (Wildman–Crippen MR) is 74.7 cm³/mol. The summed E-state index contributed by atoms with van der Waals surface area (Å²) in [4.78, 5) is 5.18. The van der Waals surface area contributed by atoms with Crippen molar-refractivity contribution in [1.82, 2.24) is 9.80 Å². The van der Waals surface area contributed by atoms with Gasteiger partial charge in [-0.15, -0.1) is 0 Å². The highest BCUT2D eigenvalue weighted by Crippen LogP contribution is 2.31. The molecule has 0 bridgehead atoms. The molecule has 18 heavy (non-hydrogen) atoms. The van der Waals surface area contributed by atoms with Crippen molar-refractivity contribution in [2.45, 2.75) is 44.2 Å². The third-order valence-electron chi connectivity index (χ3n) is 4.86. The lowest BCUT2D eigenvalue weighted by atomic mass is 9.85. The Hall–Kier alpha value is -0.160. The van der Waals surface area contributed by atoms with Crippen LogP contribution in [0.1, 0.15) is 32.6 Å². The SMILES string of the molecule is CCCN1CCC(CN)(N2CCC(OC)C2)CC1. The van der Waals surface area contributed by atoms with Gasteiger partial charge in [-0.1, -0.05) is 6.92 Å². The van der Waals surface area contributed by atoms with Gasteiger partial charge in [-0.05, 0) is 45.3 Å². The second-order valence-corrected chi connectivity index (χ2v) is 5.86. The minimum atomic E-state index is 0.248. The van der Waals surface area contributed by atoms with E-state index in [2.05, 4.69) is 16.7 Å². The van der Waals surface area contributed by atoms with Crippen molar-refractivity contribution < 1.29 is 4.74 Å². The van der Waals surface area contributed by atoms with Crippen LogP contribution in [0.15, 0.2) is 0 Å². The molecule has 0 spiro atoms. The standard InChI is InChI=1S/C14H29N3O/c1-3-7-16-9-5-14(12-15,6-10-16)17-8-4-13(11-17)18-2/h13H,3-12,15H2,1-2H3. The Morgan fingerprint density at radius 2 is 2.00 bits per heavy atom. The summed E-state index contributed by atoms with van der Waals surface area (Å²) in [5, 5.41) is 0. The molecule has 2 fully saturated rings. The molecule has 106 valence electrons. The molecular formula is C14H29N3O. The van der Waals surface area contributed by atoms with E-state index < -0.39 is 0 Å². The molecular weight excluding hydrogens is 226 g/mol. The second-order valence-electron chi connectivity index (χ2n) is 5.86. The number of piperidine rings is 1. The zero-order chi connectivity index (χ0) is 13.0. The third kappa shape index (κ3) is 2.87. The Labute approximate surface area is 111 Å². The van der Waals surface area contributed by atoms with E-state index in [-0.39, 0.29) is 5.54 Å². The lowest BCUT2D eigenvalue weighted by molar-refractivity contribution is 0.0276. The molecule has 0 aromatic rings. The topological polar surface area (TPSA) is 41.7 Å². The van der Waals surface area contributed by atoms with Gasteiger partial charge in [0.15, 0.2) is 0 Å². The van der Waals surface area contributed by atoms with Gasteiger partial charge in [0.05, 0.1) is 6.10 Å². The largest absolute Gasteiger partial charge is 0.380 e. The van der Waals surface area contributed by atoms with Crippen molar-refractivity contribution in [3.63, 3.8) is 0 Å². The van der Waals surface area contributed by atoms with Gasteiger partial charge >= 0.3 is 0 Å². The van der Waals surface area contributed by atoms with Crippen molar-refractivity contribution in [2.75, 3.05) is 46.4 Å². The van der Waals surface area contributed by atoms with Crippen LogP contribution in [0.3, 0.4) is 0 Å². The summed E-state index contributed by atoms with van der Waals surface area (Å²) in [5.41, 5.74) is 6.37. The monoisotopic (exact) mass is 255 g/mol. The average Bonchev–Trinajstić information content (AvgIpc) is 2.90. The van der Waals surface area contributed by atoms with E-state index in [9.17, 15) is 0 Å². The fraction of sp³-hybridized carbons (Fsp3) is 1.00. The van der Waals surface area contributed by atoms with Crippen molar-refractivity contribution >= 4 is 0 Å². The van der Waals surface area contributed by atoms with Gasteiger partial charge in [0.2, 0.25) is 0 Å². The molecule has 0 aromatic carbocycles. The van der Waals surface area contributed by atoms with E-state index in [1.165, 1.54) is 38.9 Å². The Balaban J connectivity index is 1.92. The number of likely N-dealkylation sites (tertiary alicyclic amines) is 2. The van der Waals surface area contributed by atoms with E-state index >= 15 is 0 Å². The normalized spacial score (nSPS) is 29.8. The zero-order valence-corrected chi connectivity index (χ0v) is 12.0. The summed E-state index contributed by atoms with van der Waals surface area (Å²) in [6, 6.07) is 0. The molecule has 1 unspecified atom stereocenters. The van der Waals surface area contributed by atoms with Crippen LogP contribution in [0.5, 0.6) is 0 Å². The van der Waals surface area contributed by atoms with Gasteiger partial charge < -0.3 is 15.4 Å². The highest BCUT2D eigenvalue weighted by atomic mass is 16.5. The van der Waals surface area contributed by atoms with Crippen molar-refractivity contribution in [3.05, 3.63) is 0 Å². The van der Waals surface area contributed by atoms with Crippen molar-refractivity contribution in [1.29, 1.82) is 0 Å². The van der Waals surface area contributed by atoms with E-state index in [0.717, 1.165) is 26.1 Å². The van der Waals surface area contributed by atoms with Gasteiger partial charge in [0, 0.05) is 32.3 Å². The Bertz CT molecular complexity index is 251. The van der Waals surface area contributed by atoms with Crippen LogP contribution in [0.2, 0.25) is 0 Å². The maximum absolute atomic E-state index is 6.12. The highest BCUT2D eigenvalue weighted by Gasteiger charge is 2.41. The Morgan fingerprint density at radius 1 is 1.28 bits per heavy atom. The first-order valence-corrected chi connectivity index (χ1v) is 7.44. The van der Waals surface area contributed by atoms with Crippen LogP contribution >= 0.6 is 0 Å². The lowest BCUT2D eigenvalue weighted by Gasteiger charge is -2.47. The maximum Gasteiger partial charge on any atom is 0.0710 e. The van der Waals surface area contributed by atoms with Crippen LogP contribution in [0, 0.1) is 0 Å². The molecule has 0 radical (unpaired) electrons. The van der Waals surface area contributed by atoms with Crippen LogP contribution < -0.4 is 5.73 Å². The fourth-order valence-corrected chi connectivity index (χ4v) is 3.51. The minimum Gasteiger partial charge on any atom is -0.380 e. The van der Waals surface area contributed by atoms with Gasteiger partial charge in [-0.3, -0.25) is 4.90 Å². The van der Waals surface area contributed by atoms with Crippen LogP contribution in [0.4, 0.5) is 0 Å². The Morgan fingerprint density at radius 3 is 2.50 bits per heavy atom. The van der Waals surface area contributed by atoms with Crippen LogP contribution in [0.25, 0.3) is 0 Å². The second kappa shape index (κ2) is 6.33. The van der Waals surface area contributed by atoms with Crippen LogP contribution in [-0.2, 0) is 4.74 Å². The number of methoxy groups -OCH3 is 1. The minimum absolute atomic E-state index is 0.248. The number of hydrogen-bond acceptors (Lipinski definition) is 4. The average molecular weight is 255 g/mol. The molecule has 0 amide bonds.